The average Bonchev–Trinajstić information content (AvgIpc) is 2.55. The summed E-state index contributed by atoms with van der Waals surface area (Å²) in [6.45, 7) is 13.6. The van der Waals surface area contributed by atoms with Crippen molar-refractivity contribution in [2.24, 2.45) is 0 Å². The summed E-state index contributed by atoms with van der Waals surface area (Å²) in [5, 5.41) is 10.5. The van der Waals surface area contributed by atoms with E-state index in [2.05, 4.69) is 15.7 Å². The predicted octanol–water partition coefficient (Wildman–Crippen LogP) is 2.07. The molecule has 1 unspecified atom stereocenters. The Hall–Kier alpha value is -1.72. The fourth-order valence-corrected chi connectivity index (χ4v) is 1.83. The Morgan fingerprint density at radius 1 is 1.30 bits per heavy atom. The van der Waals surface area contributed by atoms with Crippen LogP contribution in [0.4, 0.5) is 11.5 Å². The number of nitrogens with two attached hydrogens (primary N) is 1. The Morgan fingerprint density at radius 3 is 2.30 bits per heavy atom. The molecule has 0 bridgehead atoms. The lowest BCUT2D eigenvalue weighted by Crippen LogP contribution is -2.47. The summed E-state index contributed by atoms with van der Waals surface area (Å²) < 4.78 is 1.81. The SMILES string of the molecule is Cc1nn(C(C)C)c(NC(C)C(=O)NC(C)(C)C)c1N. The van der Waals surface area contributed by atoms with Gasteiger partial charge < -0.3 is 16.4 Å². The van der Waals surface area contributed by atoms with Crippen molar-refractivity contribution in [1.82, 2.24) is 15.1 Å². The van der Waals surface area contributed by atoms with Crippen molar-refractivity contribution in [2.75, 3.05) is 11.1 Å². The van der Waals surface area contributed by atoms with Gasteiger partial charge in [-0.3, -0.25) is 4.79 Å². The lowest BCUT2D eigenvalue weighted by molar-refractivity contribution is -0.122. The molecule has 1 aromatic heterocycles. The molecule has 0 aromatic carbocycles. The summed E-state index contributed by atoms with van der Waals surface area (Å²) in [4.78, 5) is 12.1. The number of carbonyl (C=O) groups excluding carboxylic acids is 1. The predicted molar refractivity (Wildman–Crippen MR) is 82.7 cm³/mol. The van der Waals surface area contributed by atoms with Crippen LogP contribution in [0.1, 0.15) is 53.3 Å². The van der Waals surface area contributed by atoms with E-state index in [1.165, 1.54) is 0 Å². The first-order chi connectivity index (χ1) is 9.03. The maximum Gasteiger partial charge on any atom is 0.242 e. The van der Waals surface area contributed by atoms with Crippen molar-refractivity contribution in [3.63, 3.8) is 0 Å². The van der Waals surface area contributed by atoms with Gasteiger partial charge in [0.2, 0.25) is 5.91 Å². The first kappa shape index (κ1) is 16.3. The van der Waals surface area contributed by atoms with Gasteiger partial charge in [0, 0.05) is 11.6 Å². The largest absolute Gasteiger partial charge is 0.394 e. The first-order valence-corrected chi connectivity index (χ1v) is 6.96. The van der Waals surface area contributed by atoms with Gasteiger partial charge in [-0.1, -0.05) is 0 Å². The third-order valence-electron chi connectivity index (χ3n) is 2.87. The van der Waals surface area contributed by atoms with Gasteiger partial charge in [-0.15, -0.1) is 0 Å². The summed E-state index contributed by atoms with van der Waals surface area (Å²) in [6, 6.07) is -0.212. The highest BCUT2D eigenvalue weighted by molar-refractivity contribution is 5.85. The Balaban J connectivity index is 2.90. The summed E-state index contributed by atoms with van der Waals surface area (Å²) in [5.74, 6) is 0.639. The number of rotatable bonds is 4. The van der Waals surface area contributed by atoms with Gasteiger partial charge in [0.25, 0.3) is 0 Å². The second-order valence-electron chi connectivity index (χ2n) is 6.49. The number of aromatic nitrogens is 2. The van der Waals surface area contributed by atoms with Crippen molar-refractivity contribution in [3.05, 3.63) is 5.69 Å². The number of amides is 1. The molecule has 1 aromatic rings. The molecule has 114 valence electrons. The second kappa shape index (κ2) is 5.73. The molecule has 1 heterocycles. The van der Waals surface area contributed by atoms with Crippen molar-refractivity contribution in [2.45, 2.75) is 66.1 Å². The zero-order valence-corrected chi connectivity index (χ0v) is 13.5. The van der Waals surface area contributed by atoms with E-state index in [-0.39, 0.29) is 23.5 Å². The third-order valence-corrected chi connectivity index (χ3v) is 2.87. The van der Waals surface area contributed by atoms with E-state index >= 15 is 0 Å². The van der Waals surface area contributed by atoms with Crippen LogP contribution in [0.15, 0.2) is 0 Å². The van der Waals surface area contributed by atoms with Crippen LogP contribution in [-0.4, -0.2) is 27.3 Å². The molecule has 0 saturated carbocycles. The van der Waals surface area contributed by atoms with Crippen LogP contribution >= 0.6 is 0 Å². The standard InChI is InChI=1S/C14H27N5O/c1-8(2)19-12(11(15)9(3)18-19)16-10(4)13(20)17-14(5,6)7/h8,10,16H,15H2,1-7H3,(H,17,20). The number of hydrogen-bond acceptors (Lipinski definition) is 4. The van der Waals surface area contributed by atoms with Gasteiger partial charge in [-0.05, 0) is 48.5 Å². The minimum Gasteiger partial charge on any atom is -0.394 e. The lowest BCUT2D eigenvalue weighted by atomic mass is 10.1. The average molecular weight is 281 g/mol. The van der Waals surface area contributed by atoms with E-state index in [0.717, 1.165) is 5.69 Å². The van der Waals surface area contributed by atoms with E-state index in [4.69, 9.17) is 5.73 Å². The fourth-order valence-electron chi connectivity index (χ4n) is 1.83. The Morgan fingerprint density at radius 2 is 1.85 bits per heavy atom. The van der Waals surface area contributed by atoms with Crippen LogP contribution in [0.2, 0.25) is 0 Å². The second-order valence-corrected chi connectivity index (χ2v) is 6.49. The van der Waals surface area contributed by atoms with Crippen molar-refractivity contribution in [3.8, 4) is 0 Å². The van der Waals surface area contributed by atoms with Gasteiger partial charge in [0.1, 0.15) is 11.9 Å². The number of hydrogen-bond donors (Lipinski definition) is 3. The first-order valence-electron chi connectivity index (χ1n) is 6.96. The Bertz CT molecular complexity index is 484. The van der Waals surface area contributed by atoms with Crippen LogP contribution in [-0.2, 0) is 4.79 Å². The summed E-state index contributed by atoms with van der Waals surface area (Å²) in [7, 11) is 0. The molecule has 1 amide bonds. The Kier molecular flexibility index (Phi) is 4.68. The number of nitrogens with zero attached hydrogens (tertiary/aromatic N) is 2. The summed E-state index contributed by atoms with van der Waals surface area (Å²) >= 11 is 0. The molecule has 20 heavy (non-hydrogen) atoms. The molecule has 0 aliphatic carbocycles. The maximum absolute atomic E-state index is 12.1. The van der Waals surface area contributed by atoms with Gasteiger partial charge in [-0.2, -0.15) is 5.10 Å². The van der Waals surface area contributed by atoms with E-state index in [1.54, 1.807) is 0 Å². The molecule has 6 nitrogen and oxygen atoms in total. The molecule has 1 atom stereocenters. The lowest BCUT2D eigenvalue weighted by Gasteiger charge is -2.24. The van der Waals surface area contributed by atoms with Gasteiger partial charge in [-0.25, -0.2) is 4.68 Å². The van der Waals surface area contributed by atoms with Crippen LogP contribution in [0.25, 0.3) is 0 Å². The normalized spacial score (nSPS) is 13.4. The minimum atomic E-state index is -0.384. The maximum atomic E-state index is 12.1. The molecule has 4 N–H and O–H groups in total. The monoisotopic (exact) mass is 281 g/mol. The van der Waals surface area contributed by atoms with Gasteiger partial charge >= 0.3 is 0 Å². The van der Waals surface area contributed by atoms with Crippen molar-refractivity contribution < 1.29 is 4.79 Å². The molecular formula is C14H27N5O. The zero-order valence-electron chi connectivity index (χ0n) is 13.5. The molecule has 0 aliphatic rings. The van der Waals surface area contributed by atoms with E-state index in [1.807, 2.05) is 53.1 Å². The van der Waals surface area contributed by atoms with E-state index in [9.17, 15) is 4.79 Å². The molecule has 1 rings (SSSR count). The number of aryl methyl sites for hydroxylation is 1. The van der Waals surface area contributed by atoms with Crippen LogP contribution < -0.4 is 16.4 Å². The summed E-state index contributed by atoms with van der Waals surface area (Å²) in [5.41, 5.74) is 7.14. The van der Waals surface area contributed by atoms with Crippen LogP contribution in [0.5, 0.6) is 0 Å². The molecule has 0 aliphatic heterocycles. The topological polar surface area (TPSA) is 85.0 Å². The highest BCUT2D eigenvalue weighted by Gasteiger charge is 2.22. The number of nitrogen functional groups attached to an aromatic ring is 1. The molecule has 0 saturated heterocycles. The number of carbonyl (C=O) groups is 1. The highest BCUT2D eigenvalue weighted by Crippen LogP contribution is 2.26. The van der Waals surface area contributed by atoms with Gasteiger partial charge in [0.05, 0.1) is 11.4 Å². The van der Waals surface area contributed by atoms with Crippen molar-refractivity contribution >= 4 is 17.4 Å². The fraction of sp³-hybridized carbons (Fsp3) is 0.714. The van der Waals surface area contributed by atoms with Gasteiger partial charge in [0.15, 0.2) is 0 Å². The molecule has 6 heteroatoms. The van der Waals surface area contributed by atoms with Crippen LogP contribution in [0, 0.1) is 6.92 Å². The molecular weight excluding hydrogens is 254 g/mol. The quantitative estimate of drug-likeness (QED) is 0.788. The minimum absolute atomic E-state index is 0.0638. The summed E-state index contributed by atoms with van der Waals surface area (Å²) in [6.07, 6.45) is 0. The highest BCUT2D eigenvalue weighted by atomic mass is 16.2. The molecule has 0 fully saturated rings. The van der Waals surface area contributed by atoms with Crippen molar-refractivity contribution in [1.29, 1.82) is 0 Å². The number of nitrogens with one attached hydrogen (secondary N) is 2. The van der Waals surface area contributed by atoms with E-state index < -0.39 is 0 Å². The number of anilines is 2. The van der Waals surface area contributed by atoms with Crippen LogP contribution in [0.3, 0.4) is 0 Å². The Labute approximate surface area is 121 Å². The zero-order chi connectivity index (χ0) is 15.7. The molecule has 0 radical (unpaired) electrons. The third kappa shape index (κ3) is 3.88. The molecule has 0 spiro atoms. The smallest absolute Gasteiger partial charge is 0.242 e. The van der Waals surface area contributed by atoms with E-state index in [0.29, 0.717) is 11.5 Å².